The fraction of sp³-hybridized carbons (Fsp3) is 1.00. The number of rotatable bonds is 3. The molecule has 1 heteroatoms. The van der Waals surface area contributed by atoms with Gasteiger partial charge >= 0.3 is 0 Å². The van der Waals surface area contributed by atoms with E-state index >= 15 is 0 Å². The van der Waals surface area contributed by atoms with Crippen molar-refractivity contribution in [3.05, 3.63) is 0 Å². The van der Waals surface area contributed by atoms with Crippen LogP contribution in [0.3, 0.4) is 0 Å². The number of hydrogen-bond acceptors (Lipinski definition) is 1. The van der Waals surface area contributed by atoms with Crippen LogP contribution in [0.4, 0.5) is 0 Å². The van der Waals surface area contributed by atoms with Crippen LogP contribution in [0.15, 0.2) is 0 Å². The molecular formula is C14H27N. The maximum Gasteiger partial charge on any atom is 0.00953 e. The minimum Gasteiger partial charge on any atom is -0.303 e. The molecule has 1 heterocycles. The van der Waals surface area contributed by atoms with Gasteiger partial charge in [0.2, 0.25) is 0 Å². The van der Waals surface area contributed by atoms with Gasteiger partial charge in [-0.25, -0.2) is 0 Å². The molecule has 0 aromatic rings. The summed E-state index contributed by atoms with van der Waals surface area (Å²) in [5, 5.41) is 0. The van der Waals surface area contributed by atoms with Gasteiger partial charge < -0.3 is 4.90 Å². The van der Waals surface area contributed by atoms with Gasteiger partial charge in [0.25, 0.3) is 0 Å². The molecule has 0 amide bonds. The van der Waals surface area contributed by atoms with Crippen LogP contribution in [0.2, 0.25) is 0 Å². The van der Waals surface area contributed by atoms with Crippen LogP contribution in [0.5, 0.6) is 0 Å². The highest BCUT2D eigenvalue weighted by atomic mass is 15.1. The average molecular weight is 209 g/mol. The van der Waals surface area contributed by atoms with Gasteiger partial charge in [-0.15, -0.1) is 0 Å². The molecule has 4 atom stereocenters. The van der Waals surface area contributed by atoms with Crippen molar-refractivity contribution in [3.63, 3.8) is 0 Å². The summed E-state index contributed by atoms with van der Waals surface area (Å²) >= 11 is 0. The SMILES string of the molecule is CC1CCC[C@H]1C(C)CC1CCCN1C. The van der Waals surface area contributed by atoms with Crippen LogP contribution < -0.4 is 0 Å². The number of likely N-dealkylation sites (tertiary alicyclic amines) is 1. The smallest absolute Gasteiger partial charge is 0.00953 e. The number of nitrogens with zero attached hydrogens (tertiary/aromatic N) is 1. The summed E-state index contributed by atoms with van der Waals surface area (Å²) in [5.41, 5.74) is 0. The molecule has 1 nitrogen and oxygen atoms in total. The second-order valence-electron chi connectivity index (χ2n) is 6.06. The predicted octanol–water partition coefficient (Wildman–Crippen LogP) is 3.54. The normalized spacial score (nSPS) is 39.8. The topological polar surface area (TPSA) is 3.24 Å². The van der Waals surface area contributed by atoms with Gasteiger partial charge in [0.1, 0.15) is 0 Å². The van der Waals surface area contributed by atoms with Crippen molar-refractivity contribution < 1.29 is 0 Å². The fourth-order valence-electron chi connectivity index (χ4n) is 3.90. The van der Waals surface area contributed by atoms with Crippen LogP contribution in [0, 0.1) is 17.8 Å². The van der Waals surface area contributed by atoms with Gasteiger partial charge in [-0.3, -0.25) is 0 Å². The lowest BCUT2D eigenvalue weighted by Gasteiger charge is -2.28. The van der Waals surface area contributed by atoms with Gasteiger partial charge in [-0.1, -0.05) is 26.7 Å². The van der Waals surface area contributed by atoms with Crippen LogP contribution >= 0.6 is 0 Å². The molecule has 0 radical (unpaired) electrons. The Morgan fingerprint density at radius 3 is 2.53 bits per heavy atom. The van der Waals surface area contributed by atoms with Crippen LogP contribution in [-0.4, -0.2) is 24.5 Å². The van der Waals surface area contributed by atoms with Gasteiger partial charge in [-0.2, -0.15) is 0 Å². The highest BCUT2D eigenvalue weighted by Crippen LogP contribution is 2.39. The zero-order valence-electron chi connectivity index (χ0n) is 10.7. The largest absolute Gasteiger partial charge is 0.303 e. The van der Waals surface area contributed by atoms with Crippen molar-refractivity contribution in [2.75, 3.05) is 13.6 Å². The minimum absolute atomic E-state index is 0.896. The average Bonchev–Trinajstić information content (AvgIpc) is 2.76. The molecule has 0 aromatic heterocycles. The summed E-state index contributed by atoms with van der Waals surface area (Å²) in [7, 11) is 2.31. The first-order chi connectivity index (χ1) is 7.18. The molecule has 1 saturated heterocycles. The third-order valence-corrected chi connectivity index (χ3v) is 4.97. The van der Waals surface area contributed by atoms with E-state index in [0.717, 1.165) is 23.8 Å². The minimum atomic E-state index is 0.896. The molecule has 0 aromatic carbocycles. The first kappa shape index (κ1) is 11.4. The molecule has 88 valence electrons. The van der Waals surface area contributed by atoms with E-state index in [-0.39, 0.29) is 0 Å². The maximum atomic E-state index is 2.58. The lowest BCUT2D eigenvalue weighted by Crippen LogP contribution is -2.29. The summed E-state index contributed by atoms with van der Waals surface area (Å²) in [6.07, 6.45) is 8.78. The second-order valence-corrected chi connectivity index (χ2v) is 6.06. The van der Waals surface area contributed by atoms with Crippen molar-refractivity contribution in [3.8, 4) is 0 Å². The van der Waals surface area contributed by atoms with Crippen molar-refractivity contribution in [2.24, 2.45) is 17.8 Å². The Labute approximate surface area is 95.2 Å². The third kappa shape index (κ3) is 2.55. The van der Waals surface area contributed by atoms with E-state index < -0.39 is 0 Å². The second kappa shape index (κ2) is 4.86. The van der Waals surface area contributed by atoms with Gasteiger partial charge in [0.05, 0.1) is 0 Å². The molecule has 0 bridgehead atoms. The van der Waals surface area contributed by atoms with Crippen molar-refractivity contribution >= 4 is 0 Å². The van der Waals surface area contributed by atoms with E-state index in [1.54, 1.807) is 0 Å². The van der Waals surface area contributed by atoms with Gasteiger partial charge in [-0.05, 0) is 57.0 Å². The maximum absolute atomic E-state index is 2.58. The lowest BCUT2D eigenvalue weighted by atomic mass is 9.82. The van der Waals surface area contributed by atoms with Crippen LogP contribution in [0.1, 0.15) is 52.4 Å². The van der Waals surface area contributed by atoms with E-state index in [9.17, 15) is 0 Å². The summed E-state index contributed by atoms with van der Waals surface area (Å²) < 4.78 is 0. The Morgan fingerprint density at radius 2 is 2.00 bits per heavy atom. The third-order valence-electron chi connectivity index (χ3n) is 4.97. The summed E-state index contributed by atoms with van der Waals surface area (Å²) in [4.78, 5) is 2.58. The van der Waals surface area contributed by atoms with E-state index in [1.165, 1.54) is 45.1 Å². The Kier molecular flexibility index (Phi) is 3.71. The van der Waals surface area contributed by atoms with E-state index in [0.29, 0.717) is 0 Å². The molecule has 0 spiro atoms. The molecule has 15 heavy (non-hydrogen) atoms. The monoisotopic (exact) mass is 209 g/mol. The Hall–Kier alpha value is -0.0400. The first-order valence-electron chi connectivity index (χ1n) is 6.88. The van der Waals surface area contributed by atoms with Crippen molar-refractivity contribution in [1.29, 1.82) is 0 Å². The fourth-order valence-corrected chi connectivity index (χ4v) is 3.90. The van der Waals surface area contributed by atoms with E-state index in [1.807, 2.05) is 0 Å². The van der Waals surface area contributed by atoms with E-state index in [2.05, 4.69) is 25.8 Å². The highest BCUT2D eigenvalue weighted by Gasteiger charge is 2.31. The zero-order chi connectivity index (χ0) is 10.8. The summed E-state index contributed by atoms with van der Waals surface area (Å²) in [6.45, 7) is 6.29. The number of hydrogen-bond donors (Lipinski definition) is 0. The predicted molar refractivity (Wildman–Crippen MR) is 65.9 cm³/mol. The Morgan fingerprint density at radius 1 is 1.20 bits per heavy atom. The first-order valence-corrected chi connectivity index (χ1v) is 6.88. The quantitative estimate of drug-likeness (QED) is 0.687. The van der Waals surface area contributed by atoms with Crippen molar-refractivity contribution in [2.45, 2.75) is 58.4 Å². The molecular weight excluding hydrogens is 182 g/mol. The molecule has 1 saturated carbocycles. The standard InChI is InChI=1S/C14H27N/c1-11-6-4-8-14(11)12(2)10-13-7-5-9-15(13)3/h11-14H,4-10H2,1-3H3/t11?,12?,13?,14-/m1/s1. The molecule has 3 unspecified atom stereocenters. The Bertz CT molecular complexity index is 202. The summed E-state index contributed by atoms with van der Waals surface area (Å²) in [5.74, 6) is 2.97. The van der Waals surface area contributed by atoms with Gasteiger partial charge in [0.15, 0.2) is 0 Å². The molecule has 1 aliphatic heterocycles. The van der Waals surface area contributed by atoms with E-state index in [4.69, 9.17) is 0 Å². The molecule has 0 N–H and O–H groups in total. The van der Waals surface area contributed by atoms with Crippen LogP contribution in [0.25, 0.3) is 0 Å². The summed E-state index contributed by atoms with van der Waals surface area (Å²) in [6, 6.07) is 0.896. The van der Waals surface area contributed by atoms with Crippen LogP contribution in [-0.2, 0) is 0 Å². The zero-order valence-corrected chi connectivity index (χ0v) is 10.7. The molecule has 2 rings (SSSR count). The highest BCUT2D eigenvalue weighted by molar-refractivity contribution is 4.84. The molecule has 2 aliphatic rings. The Balaban J connectivity index is 1.83. The molecule has 1 aliphatic carbocycles. The van der Waals surface area contributed by atoms with Crippen molar-refractivity contribution in [1.82, 2.24) is 4.90 Å². The lowest BCUT2D eigenvalue weighted by molar-refractivity contribution is 0.207. The van der Waals surface area contributed by atoms with Gasteiger partial charge in [0, 0.05) is 6.04 Å². The molecule has 2 fully saturated rings.